The number of benzene rings is 1. The van der Waals surface area contributed by atoms with Crippen LogP contribution in [-0.4, -0.2) is 55.4 Å². The lowest BCUT2D eigenvalue weighted by atomic mass is 10.1. The first-order valence-corrected chi connectivity index (χ1v) is 7.33. The Morgan fingerprint density at radius 3 is 2.04 bits per heavy atom. The molecule has 25 heavy (non-hydrogen) atoms. The van der Waals surface area contributed by atoms with E-state index in [-0.39, 0.29) is 24.1 Å². The SMILES string of the molecule is O=C(CCN1C(=O)c2ccccc2C1=O)C(O)On1c(O)ccc1O. The molecule has 0 aliphatic carbocycles. The van der Waals surface area contributed by atoms with E-state index in [0.717, 1.165) is 17.0 Å². The van der Waals surface area contributed by atoms with E-state index >= 15 is 0 Å². The van der Waals surface area contributed by atoms with Gasteiger partial charge in [-0.25, -0.2) is 0 Å². The summed E-state index contributed by atoms with van der Waals surface area (Å²) in [6.07, 6.45) is -2.34. The molecular formula is C16H14N2O7. The third kappa shape index (κ3) is 2.92. The maximum Gasteiger partial charge on any atom is 0.282 e. The van der Waals surface area contributed by atoms with Crippen molar-refractivity contribution >= 4 is 17.6 Å². The van der Waals surface area contributed by atoms with Gasteiger partial charge >= 0.3 is 0 Å². The third-order valence-corrected chi connectivity index (χ3v) is 3.74. The molecule has 0 bridgehead atoms. The number of rotatable bonds is 6. The number of ketones is 1. The summed E-state index contributed by atoms with van der Waals surface area (Å²) in [5.74, 6) is -2.87. The molecule has 3 N–H and O–H groups in total. The Hall–Kier alpha value is -3.33. The van der Waals surface area contributed by atoms with E-state index in [9.17, 15) is 29.7 Å². The summed E-state index contributed by atoms with van der Waals surface area (Å²) >= 11 is 0. The van der Waals surface area contributed by atoms with Crippen molar-refractivity contribution in [2.75, 3.05) is 6.54 Å². The fraction of sp³-hybridized carbons (Fsp3) is 0.188. The average molecular weight is 346 g/mol. The Labute approximate surface area is 141 Å². The van der Waals surface area contributed by atoms with Gasteiger partial charge in [-0.15, -0.1) is 4.73 Å². The van der Waals surface area contributed by atoms with Crippen LogP contribution in [0.3, 0.4) is 0 Å². The van der Waals surface area contributed by atoms with Gasteiger partial charge in [0, 0.05) is 25.1 Å². The fourth-order valence-electron chi connectivity index (χ4n) is 2.46. The average Bonchev–Trinajstić information content (AvgIpc) is 3.04. The third-order valence-electron chi connectivity index (χ3n) is 3.74. The number of hydrogen-bond acceptors (Lipinski definition) is 7. The van der Waals surface area contributed by atoms with Gasteiger partial charge in [0.2, 0.25) is 17.5 Å². The van der Waals surface area contributed by atoms with Crippen molar-refractivity contribution in [3.8, 4) is 11.8 Å². The van der Waals surface area contributed by atoms with Crippen LogP contribution in [0.15, 0.2) is 36.4 Å². The molecule has 0 fully saturated rings. The van der Waals surface area contributed by atoms with Crippen LogP contribution in [0, 0.1) is 0 Å². The number of imide groups is 1. The number of amides is 2. The second-order valence-corrected chi connectivity index (χ2v) is 5.33. The summed E-state index contributed by atoms with van der Waals surface area (Å²) in [6.45, 7) is -0.227. The molecule has 0 saturated carbocycles. The zero-order valence-electron chi connectivity index (χ0n) is 12.8. The molecule has 0 spiro atoms. The largest absolute Gasteiger partial charge is 0.492 e. The van der Waals surface area contributed by atoms with E-state index in [1.54, 1.807) is 12.1 Å². The number of Topliss-reactive ketones (excluding diaryl/α,β-unsaturated/α-hetero) is 1. The van der Waals surface area contributed by atoms with Crippen molar-refractivity contribution in [3.05, 3.63) is 47.5 Å². The van der Waals surface area contributed by atoms with Gasteiger partial charge in [-0.3, -0.25) is 19.3 Å². The van der Waals surface area contributed by atoms with Crippen molar-refractivity contribution in [1.29, 1.82) is 0 Å². The number of aliphatic hydroxyl groups excluding tert-OH is 1. The maximum atomic E-state index is 12.2. The first-order chi connectivity index (χ1) is 11.9. The van der Waals surface area contributed by atoms with Gasteiger partial charge in [-0.2, -0.15) is 0 Å². The molecule has 2 aromatic rings. The molecule has 1 aliphatic heterocycles. The number of aliphatic hydroxyl groups is 1. The van der Waals surface area contributed by atoms with Crippen LogP contribution in [0.4, 0.5) is 0 Å². The van der Waals surface area contributed by atoms with E-state index in [2.05, 4.69) is 0 Å². The lowest BCUT2D eigenvalue weighted by molar-refractivity contribution is -0.158. The van der Waals surface area contributed by atoms with Crippen LogP contribution < -0.4 is 4.84 Å². The fourth-order valence-corrected chi connectivity index (χ4v) is 2.46. The number of carbonyl (C=O) groups excluding carboxylic acids is 3. The van der Waals surface area contributed by atoms with Crippen LogP contribution in [0.5, 0.6) is 11.8 Å². The number of aromatic hydroxyl groups is 2. The van der Waals surface area contributed by atoms with E-state index in [1.165, 1.54) is 12.1 Å². The molecule has 2 heterocycles. The molecule has 9 nitrogen and oxygen atoms in total. The first-order valence-electron chi connectivity index (χ1n) is 7.33. The molecule has 0 saturated heterocycles. The second kappa shape index (κ2) is 6.29. The number of carbonyl (C=O) groups is 3. The van der Waals surface area contributed by atoms with Crippen molar-refractivity contribution < 1.29 is 34.5 Å². The highest BCUT2D eigenvalue weighted by Gasteiger charge is 2.35. The van der Waals surface area contributed by atoms with Crippen molar-refractivity contribution in [3.63, 3.8) is 0 Å². The van der Waals surface area contributed by atoms with Crippen LogP contribution >= 0.6 is 0 Å². The Balaban J connectivity index is 1.61. The molecule has 3 rings (SSSR count). The highest BCUT2D eigenvalue weighted by Crippen LogP contribution is 2.23. The Morgan fingerprint density at radius 2 is 1.52 bits per heavy atom. The molecule has 1 atom stereocenters. The molecule has 0 radical (unpaired) electrons. The van der Waals surface area contributed by atoms with Crippen molar-refractivity contribution in [2.45, 2.75) is 12.7 Å². The topological polar surface area (TPSA) is 129 Å². The molecule has 1 aromatic carbocycles. The number of fused-ring (bicyclic) bond motifs is 1. The summed E-state index contributed by atoms with van der Waals surface area (Å²) in [5.41, 5.74) is 0.526. The molecule has 9 heteroatoms. The summed E-state index contributed by atoms with van der Waals surface area (Å²) < 4.78 is 0.477. The van der Waals surface area contributed by atoms with Gasteiger partial charge in [-0.1, -0.05) is 12.1 Å². The summed E-state index contributed by atoms with van der Waals surface area (Å²) in [7, 11) is 0. The van der Waals surface area contributed by atoms with E-state index in [0.29, 0.717) is 4.73 Å². The molecule has 130 valence electrons. The maximum absolute atomic E-state index is 12.2. The lowest BCUT2D eigenvalue weighted by Crippen LogP contribution is -2.37. The van der Waals surface area contributed by atoms with Gasteiger partial charge in [0.1, 0.15) is 0 Å². The summed E-state index contributed by atoms with van der Waals surface area (Å²) in [6, 6.07) is 8.51. The van der Waals surface area contributed by atoms with E-state index in [1.807, 2.05) is 0 Å². The Morgan fingerprint density at radius 1 is 1.00 bits per heavy atom. The molecule has 1 aliphatic rings. The Kier molecular flexibility index (Phi) is 4.15. The molecule has 2 amide bonds. The van der Waals surface area contributed by atoms with Crippen LogP contribution in [-0.2, 0) is 4.79 Å². The molecular weight excluding hydrogens is 332 g/mol. The van der Waals surface area contributed by atoms with Crippen molar-refractivity contribution in [1.82, 2.24) is 9.63 Å². The minimum Gasteiger partial charge on any atom is -0.492 e. The zero-order chi connectivity index (χ0) is 18.1. The predicted octanol–water partition coefficient (Wildman–Crippen LogP) is -0.0983. The van der Waals surface area contributed by atoms with E-state index < -0.39 is 35.6 Å². The molecule has 1 aromatic heterocycles. The first kappa shape index (κ1) is 16.5. The second-order valence-electron chi connectivity index (χ2n) is 5.33. The minimum absolute atomic E-state index is 0.227. The predicted molar refractivity (Wildman–Crippen MR) is 81.8 cm³/mol. The monoisotopic (exact) mass is 346 g/mol. The smallest absolute Gasteiger partial charge is 0.282 e. The van der Waals surface area contributed by atoms with E-state index in [4.69, 9.17) is 4.84 Å². The van der Waals surface area contributed by atoms with Gasteiger partial charge in [-0.05, 0) is 12.1 Å². The standard InChI is InChI=1S/C16H14N2O7/c19-11(16(24)25-18-12(20)5-6-13(18)21)7-8-17-14(22)9-3-1-2-4-10(9)15(17)23/h1-6,16,20-21,24H,7-8H2. The number of nitrogens with zero attached hydrogens (tertiary/aromatic N) is 2. The van der Waals surface area contributed by atoms with Gasteiger partial charge in [0.25, 0.3) is 18.1 Å². The normalized spacial score (nSPS) is 14.5. The number of aromatic nitrogens is 1. The quantitative estimate of drug-likeness (QED) is 0.492. The highest BCUT2D eigenvalue weighted by molar-refractivity contribution is 6.21. The Bertz CT molecular complexity index is 803. The zero-order valence-corrected chi connectivity index (χ0v) is 12.8. The van der Waals surface area contributed by atoms with Crippen LogP contribution in [0.1, 0.15) is 27.1 Å². The van der Waals surface area contributed by atoms with Gasteiger partial charge in [0.05, 0.1) is 11.1 Å². The minimum atomic E-state index is -1.99. The van der Waals surface area contributed by atoms with Crippen LogP contribution in [0.25, 0.3) is 0 Å². The van der Waals surface area contributed by atoms with Gasteiger partial charge in [0.15, 0.2) is 0 Å². The van der Waals surface area contributed by atoms with Gasteiger partial charge < -0.3 is 20.2 Å². The van der Waals surface area contributed by atoms with Crippen LogP contribution in [0.2, 0.25) is 0 Å². The summed E-state index contributed by atoms with van der Waals surface area (Å²) in [5, 5.41) is 28.5. The lowest BCUT2D eigenvalue weighted by Gasteiger charge is -2.16. The summed E-state index contributed by atoms with van der Waals surface area (Å²) in [4.78, 5) is 41.9. The van der Waals surface area contributed by atoms with Crippen molar-refractivity contribution in [2.24, 2.45) is 0 Å². The number of hydrogen-bond donors (Lipinski definition) is 3. The highest BCUT2D eigenvalue weighted by atomic mass is 16.8. The molecule has 1 unspecified atom stereocenters.